The van der Waals surface area contributed by atoms with E-state index in [9.17, 15) is 4.79 Å². The molecule has 218 valence electrons. The van der Waals surface area contributed by atoms with Crippen LogP contribution in [0.15, 0.2) is 53.7 Å². The minimum Gasteiger partial charge on any atom is -0.497 e. The second kappa shape index (κ2) is 17.7. The van der Waals surface area contributed by atoms with Gasteiger partial charge in [-0.3, -0.25) is 4.79 Å². The van der Waals surface area contributed by atoms with E-state index in [-0.39, 0.29) is 0 Å². The lowest BCUT2D eigenvalue weighted by Gasteiger charge is -2.22. The minimum absolute atomic E-state index is 0.320. The fourth-order valence-electron chi connectivity index (χ4n) is 4.73. The van der Waals surface area contributed by atoms with Crippen LogP contribution in [0.1, 0.15) is 78.1 Å². The van der Waals surface area contributed by atoms with Crippen molar-refractivity contribution in [2.75, 3.05) is 33.1 Å². The number of nitrogens with zero attached hydrogens (tertiary/aromatic N) is 2. The molecule has 0 aliphatic rings. The fraction of sp³-hybridized carbons (Fsp3) is 0.515. The second-order valence-electron chi connectivity index (χ2n) is 10.2. The Hall–Kier alpha value is -2.93. The number of benzene rings is 2. The summed E-state index contributed by atoms with van der Waals surface area (Å²) in [4.78, 5) is 23.3. The number of methoxy groups -OCH3 is 2. The van der Waals surface area contributed by atoms with Crippen molar-refractivity contribution in [1.82, 2.24) is 14.9 Å². The Morgan fingerprint density at radius 3 is 1.93 bits per heavy atom. The number of hydrogen-bond donors (Lipinski definition) is 1. The van der Waals surface area contributed by atoms with Crippen LogP contribution in [0.4, 0.5) is 0 Å². The number of ether oxygens (including phenoxy) is 2. The van der Waals surface area contributed by atoms with Crippen LogP contribution in [-0.4, -0.2) is 53.8 Å². The van der Waals surface area contributed by atoms with Crippen molar-refractivity contribution in [3.63, 3.8) is 0 Å². The van der Waals surface area contributed by atoms with E-state index in [0.717, 1.165) is 90.1 Å². The largest absolute Gasteiger partial charge is 0.497 e. The molecule has 6 nitrogen and oxygen atoms in total. The molecule has 0 atom stereocenters. The van der Waals surface area contributed by atoms with Crippen molar-refractivity contribution in [2.45, 2.75) is 83.2 Å². The Balaban J connectivity index is 1.56. The Labute approximate surface area is 245 Å². The van der Waals surface area contributed by atoms with Gasteiger partial charge in [0.25, 0.3) is 0 Å². The Kier molecular flexibility index (Phi) is 14.0. The normalized spacial score (nSPS) is 11.0. The molecule has 3 rings (SSSR count). The van der Waals surface area contributed by atoms with Crippen molar-refractivity contribution < 1.29 is 14.3 Å². The summed E-state index contributed by atoms with van der Waals surface area (Å²) < 4.78 is 10.7. The SMILES string of the molecule is CCCCCCCN(CCCCCSc1nc(-c2ccc(OC)cc2)c(-c2ccc(OC)cc2)[nH]1)C(=O)CCC. The summed E-state index contributed by atoms with van der Waals surface area (Å²) in [5.41, 5.74) is 4.04. The number of hydrogen-bond acceptors (Lipinski definition) is 5. The summed E-state index contributed by atoms with van der Waals surface area (Å²) in [5, 5.41) is 0.920. The average molecular weight is 566 g/mol. The quantitative estimate of drug-likeness (QED) is 0.116. The average Bonchev–Trinajstić information content (AvgIpc) is 3.42. The molecule has 1 N–H and O–H groups in total. The van der Waals surface area contributed by atoms with Crippen LogP contribution in [-0.2, 0) is 4.79 Å². The van der Waals surface area contributed by atoms with Gasteiger partial charge >= 0.3 is 0 Å². The standard InChI is InChI=1S/C33H47N3O3S/c1-5-7-8-9-11-23-36(30(37)14-6-2)24-12-10-13-25-40-33-34-31(26-15-19-28(38-3)20-16-26)32(35-33)27-17-21-29(39-4)22-18-27/h15-22H,5-14,23-25H2,1-4H3,(H,34,35). The number of rotatable bonds is 19. The highest BCUT2D eigenvalue weighted by atomic mass is 32.2. The zero-order chi connectivity index (χ0) is 28.6. The molecule has 0 radical (unpaired) electrons. The van der Waals surface area contributed by atoms with E-state index >= 15 is 0 Å². The molecule has 1 amide bonds. The summed E-state index contributed by atoms with van der Waals surface area (Å²) >= 11 is 1.76. The zero-order valence-electron chi connectivity index (χ0n) is 24.8. The van der Waals surface area contributed by atoms with Crippen LogP contribution in [0, 0.1) is 0 Å². The van der Waals surface area contributed by atoms with Crippen molar-refractivity contribution in [2.24, 2.45) is 0 Å². The first-order chi connectivity index (χ1) is 19.6. The van der Waals surface area contributed by atoms with Gasteiger partial charge in [0, 0.05) is 36.4 Å². The summed E-state index contributed by atoms with van der Waals surface area (Å²) in [6.45, 7) is 6.11. The van der Waals surface area contributed by atoms with E-state index in [1.54, 1.807) is 26.0 Å². The topological polar surface area (TPSA) is 67.5 Å². The highest BCUT2D eigenvalue weighted by Crippen LogP contribution is 2.34. The van der Waals surface area contributed by atoms with Gasteiger partial charge in [-0.05, 0) is 74.2 Å². The van der Waals surface area contributed by atoms with Gasteiger partial charge in [0.05, 0.1) is 25.6 Å². The summed E-state index contributed by atoms with van der Waals surface area (Å²) in [7, 11) is 3.36. The number of imidazole rings is 1. The summed E-state index contributed by atoms with van der Waals surface area (Å²) in [6.07, 6.45) is 11.0. The molecule has 0 saturated heterocycles. The van der Waals surface area contributed by atoms with Crippen molar-refractivity contribution in [3.05, 3.63) is 48.5 Å². The van der Waals surface area contributed by atoms with Gasteiger partial charge in [0.1, 0.15) is 11.5 Å². The van der Waals surface area contributed by atoms with Crippen molar-refractivity contribution in [1.29, 1.82) is 0 Å². The highest BCUT2D eigenvalue weighted by Gasteiger charge is 2.16. The first-order valence-corrected chi connectivity index (χ1v) is 15.9. The van der Waals surface area contributed by atoms with Gasteiger partial charge in [0.2, 0.25) is 5.91 Å². The molecule has 0 bridgehead atoms. The number of aromatic nitrogens is 2. The van der Waals surface area contributed by atoms with Crippen LogP contribution < -0.4 is 9.47 Å². The summed E-state index contributed by atoms with van der Waals surface area (Å²) in [5.74, 6) is 2.96. The molecule has 0 fully saturated rings. The molecular formula is C33H47N3O3S. The molecule has 40 heavy (non-hydrogen) atoms. The van der Waals surface area contributed by atoms with E-state index in [0.29, 0.717) is 12.3 Å². The third-order valence-electron chi connectivity index (χ3n) is 7.08. The molecule has 0 aliphatic heterocycles. The van der Waals surface area contributed by atoms with Gasteiger partial charge in [-0.1, -0.05) is 57.7 Å². The zero-order valence-corrected chi connectivity index (χ0v) is 25.7. The molecule has 7 heteroatoms. The second-order valence-corrected chi connectivity index (χ2v) is 11.3. The molecule has 1 aromatic heterocycles. The van der Waals surface area contributed by atoms with Gasteiger partial charge in [-0.2, -0.15) is 0 Å². The molecule has 0 spiro atoms. The van der Waals surface area contributed by atoms with Crippen LogP contribution in [0.3, 0.4) is 0 Å². The van der Waals surface area contributed by atoms with Gasteiger partial charge in [0.15, 0.2) is 5.16 Å². The molecule has 0 unspecified atom stereocenters. The monoisotopic (exact) mass is 565 g/mol. The molecule has 2 aromatic carbocycles. The van der Waals surface area contributed by atoms with E-state index < -0.39 is 0 Å². The maximum absolute atomic E-state index is 12.6. The number of H-pyrrole nitrogens is 1. The number of unbranched alkanes of at least 4 members (excludes halogenated alkanes) is 6. The maximum Gasteiger partial charge on any atom is 0.222 e. The van der Waals surface area contributed by atoms with E-state index in [1.165, 1.54) is 25.7 Å². The predicted octanol–water partition coefficient (Wildman–Crippen LogP) is 8.62. The van der Waals surface area contributed by atoms with Crippen LogP contribution in [0.5, 0.6) is 11.5 Å². The van der Waals surface area contributed by atoms with Crippen LogP contribution >= 0.6 is 11.8 Å². The first-order valence-electron chi connectivity index (χ1n) is 14.9. The van der Waals surface area contributed by atoms with Crippen molar-refractivity contribution >= 4 is 17.7 Å². The fourth-order valence-corrected chi connectivity index (χ4v) is 5.61. The lowest BCUT2D eigenvalue weighted by atomic mass is 10.0. The van der Waals surface area contributed by atoms with Crippen molar-refractivity contribution in [3.8, 4) is 34.0 Å². The third-order valence-corrected chi connectivity index (χ3v) is 8.04. The minimum atomic E-state index is 0.320. The molecule has 0 saturated carbocycles. The number of amides is 1. The number of carbonyl (C=O) groups is 1. The predicted molar refractivity (Wildman–Crippen MR) is 167 cm³/mol. The number of nitrogens with one attached hydrogen (secondary N) is 1. The van der Waals surface area contributed by atoms with E-state index in [2.05, 4.69) is 35.9 Å². The van der Waals surface area contributed by atoms with Crippen LogP contribution in [0.2, 0.25) is 0 Å². The Bertz CT molecular complexity index is 1060. The lowest BCUT2D eigenvalue weighted by molar-refractivity contribution is -0.131. The third kappa shape index (κ3) is 9.92. The maximum atomic E-state index is 12.6. The van der Waals surface area contributed by atoms with Crippen LogP contribution in [0.25, 0.3) is 22.5 Å². The molecular weight excluding hydrogens is 518 g/mol. The first kappa shape index (κ1) is 31.6. The van der Waals surface area contributed by atoms with Gasteiger partial charge < -0.3 is 19.4 Å². The van der Waals surface area contributed by atoms with Gasteiger partial charge in [-0.25, -0.2) is 4.98 Å². The molecule has 3 aromatic rings. The molecule has 0 aliphatic carbocycles. The smallest absolute Gasteiger partial charge is 0.222 e. The van der Waals surface area contributed by atoms with Gasteiger partial charge in [-0.15, -0.1) is 0 Å². The Morgan fingerprint density at radius 2 is 1.35 bits per heavy atom. The molecule has 1 heterocycles. The highest BCUT2D eigenvalue weighted by molar-refractivity contribution is 7.99. The lowest BCUT2D eigenvalue weighted by Crippen LogP contribution is -2.32. The summed E-state index contributed by atoms with van der Waals surface area (Å²) in [6, 6.07) is 16.1. The Morgan fingerprint density at radius 1 is 0.775 bits per heavy atom. The van der Waals surface area contributed by atoms with E-state index in [1.807, 2.05) is 36.4 Å². The number of carbonyl (C=O) groups excluding carboxylic acids is 1. The van der Waals surface area contributed by atoms with E-state index in [4.69, 9.17) is 14.5 Å². The number of thioether (sulfide) groups is 1. The number of aromatic amines is 1.